The Morgan fingerprint density at radius 3 is 1.84 bits per heavy atom. The maximum Gasteiger partial charge on any atom is 0.114 e. The second kappa shape index (κ2) is 20.2. The molecule has 1 rings (SSSR count). The fraction of sp³-hybridized carbons (Fsp3) is 0.923. The van der Waals surface area contributed by atoms with Crippen LogP contribution in [-0.2, 0) is 9.47 Å². The molecule has 0 aromatic carbocycles. The van der Waals surface area contributed by atoms with Crippen molar-refractivity contribution in [1.82, 2.24) is 0 Å². The highest BCUT2D eigenvalue weighted by molar-refractivity contribution is 4.87. The molecule has 0 bridgehead atoms. The quantitative estimate of drug-likeness (QED) is 0.176. The Bertz CT molecular complexity index is 415. The van der Waals surface area contributed by atoms with Crippen molar-refractivity contribution in [3.05, 3.63) is 12.2 Å². The van der Waals surface area contributed by atoms with E-state index in [9.17, 15) is 15.3 Å². The van der Waals surface area contributed by atoms with Crippen molar-refractivity contribution in [2.75, 3.05) is 19.8 Å². The standard InChI is InChI=1S/C26H50O5/c1-2-3-4-5-6-7-8-9-10-11-12-13-14-15-16-17-18-19-20-30-26-23(28)22-31-24(21-27)25(26)29/h12-13,23-29H,2-11,14-22H2,1H3/b13-12+/t23-,24+,25+,26+/m0/s1. The zero-order valence-electron chi connectivity index (χ0n) is 20.1. The summed E-state index contributed by atoms with van der Waals surface area (Å²) in [6.45, 7) is 2.63. The minimum Gasteiger partial charge on any atom is -0.394 e. The van der Waals surface area contributed by atoms with E-state index >= 15 is 0 Å². The van der Waals surface area contributed by atoms with Gasteiger partial charge in [-0.15, -0.1) is 0 Å². The van der Waals surface area contributed by atoms with Crippen LogP contribution < -0.4 is 0 Å². The third-order valence-electron chi connectivity index (χ3n) is 6.22. The van der Waals surface area contributed by atoms with Crippen LogP contribution in [0.15, 0.2) is 12.2 Å². The third kappa shape index (κ3) is 14.3. The summed E-state index contributed by atoms with van der Waals surface area (Å²) < 4.78 is 10.9. The summed E-state index contributed by atoms with van der Waals surface area (Å²) in [6.07, 6.45) is 22.2. The average Bonchev–Trinajstić information content (AvgIpc) is 2.77. The van der Waals surface area contributed by atoms with Crippen molar-refractivity contribution < 1.29 is 24.8 Å². The summed E-state index contributed by atoms with van der Waals surface area (Å²) in [6, 6.07) is 0. The summed E-state index contributed by atoms with van der Waals surface area (Å²) in [5.41, 5.74) is 0. The van der Waals surface area contributed by atoms with Crippen LogP contribution in [0.25, 0.3) is 0 Å². The van der Waals surface area contributed by atoms with Crippen LogP contribution >= 0.6 is 0 Å². The van der Waals surface area contributed by atoms with Gasteiger partial charge < -0.3 is 24.8 Å². The first kappa shape index (κ1) is 28.6. The summed E-state index contributed by atoms with van der Waals surface area (Å²) in [5, 5.41) is 29.2. The van der Waals surface area contributed by atoms with Gasteiger partial charge in [-0.2, -0.15) is 0 Å². The maximum atomic E-state index is 10.1. The number of hydrogen-bond acceptors (Lipinski definition) is 5. The highest BCUT2D eigenvalue weighted by Gasteiger charge is 2.38. The Morgan fingerprint density at radius 1 is 0.774 bits per heavy atom. The van der Waals surface area contributed by atoms with E-state index in [1.54, 1.807) is 0 Å². The lowest BCUT2D eigenvalue weighted by Gasteiger charge is -2.37. The van der Waals surface area contributed by atoms with Gasteiger partial charge in [-0.05, 0) is 32.1 Å². The summed E-state index contributed by atoms with van der Waals surface area (Å²) in [4.78, 5) is 0. The van der Waals surface area contributed by atoms with Crippen LogP contribution in [0.5, 0.6) is 0 Å². The van der Waals surface area contributed by atoms with E-state index in [-0.39, 0.29) is 13.2 Å². The monoisotopic (exact) mass is 442 g/mol. The van der Waals surface area contributed by atoms with Gasteiger partial charge >= 0.3 is 0 Å². The zero-order chi connectivity index (χ0) is 22.6. The van der Waals surface area contributed by atoms with E-state index < -0.39 is 24.4 Å². The van der Waals surface area contributed by atoms with Crippen molar-refractivity contribution in [3.63, 3.8) is 0 Å². The first-order valence-electron chi connectivity index (χ1n) is 13.1. The van der Waals surface area contributed by atoms with Crippen LogP contribution in [0, 0.1) is 0 Å². The van der Waals surface area contributed by atoms with Crippen LogP contribution in [-0.4, -0.2) is 59.6 Å². The summed E-state index contributed by atoms with van der Waals surface area (Å²) in [5.74, 6) is 0. The number of aliphatic hydroxyl groups is 3. The minimum absolute atomic E-state index is 0.0968. The molecular weight excluding hydrogens is 392 g/mol. The number of ether oxygens (including phenoxy) is 2. The molecule has 0 unspecified atom stereocenters. The minimum atomic E-state index is -0.976. The predicted octanol–water partition coefficient (Wildman–Crippen LogP) is 5.30. The molecule has 3 N–H and O–H groups in total. The molecule has 1 fully saturated rings. The molecular formula is C26H50O5. The van der Waals surface area contributed by atoms with Gasteiger partial charge in [0, 0.05) is 6.61 Å². The van der Waals surface area contributed by atoms with Crippen molar-refractivity contribution in [2.45, 2.75) is 134 Å². The highest BCUT2D eigenvalue weighted by Crippen LogP contribution is 2.19. The van der Waals surface area contributed by atoms with Crippen molar-refractivity contribution in [3.8, 4) is 0 Å². The Kier molecular flexibility index (Phi) is 18.6. The van der Waals surface area contributed by atoms with Crippen LogP contribution in [0.4, 0.5) is 0 Å². The molecule has 1 heterocycles. The van der Waals surface area contributed by atoms with Crippen molar-refractivity contribution >= 4 is 0 Å². The average molecular weight is 443 g/mol. The van der Waals surface area contributed by atoms with Gasteiger partial charge in [-0.3, -0.25) is 0 Å². The number of unbranched alkanes of at least 4 members (excludes halogenated alkanes) is 14. The van der Waals surface area contributed by atoms with Crippen molar-refractivity contribution in [2.24, 2.45) is 0 Å². The number of allylic oxidation sites excluding steroid dienone is 2. The van der Waals surface area contributed by atoms with E-state index in [1.807, 2.05) is 0 Å². The molecule has 0 spiro atoms. The number of hydrogen-bond donors (Lipinski definition) is 3. The van der Waals surface area contributed by atoms with Crippen LogP contribution in [0.3, 0.4) is 0 Å². The first-order chi connectivity index (χ1) is 15.2. The van der Waals surface area contributed by atoms with Gasteiger partial charge in [0.25, 0.3) is 0 Å². The lowest BCUT2D eigenvalue weighted by atomic mass is 10.0. The summed E-state index contributed by atoms with van der Waals surface area (Å²) in [7, 11) is 0. The van der Waals surface area contributed by atoms with E-state index in [0.717, 1.165) is 12.8 Å². The Morgan fingerprint density at radius 2 is 1.29 bits per heavy atom. The molecule has 0 aromatic heterocycles. The molecule has 4 atom stereocenters. The normalized spacial score (nSPS) is 24.3. The number of rotatable bonds is 20. The molecule has 5 heteroatoms. The largest absolute Gasteiger partial charge is 0.394 e. The van der Waals surface area contributed by atoms with E-state index in [4.69, 9.17) is 9.47 Å². The second-order valence-electron chi connectivity index (χ2n) is 9.09. The van der Waals surface area contributed by atoms with E-state index in [2.05, 4.69) is 19.1 Å². The van der Waals surface area contributed by atoms with Gasteiger partial charge in [-0.25, -0.2) is 0 Å². The predicted molar refractivity (Wildman–Crippen MR) is 127 cm³/mol. The number of aliphatic hydroxyl groups excluding tert-OH is 3. The lowest BCUT2D eigenvalue weighted by Crippen LogP contribution is -2.55. The fourth-order valence-corrected chi connectivity index (χ4v) is 4.15. The first-order valence-corrected chi connectivity index (χ1v) is 13.1. The molecule has 1 saturated heterocycles. The Balaban J connectivity index is 1.84. The highest BCUT2D eigenvalue weighted by atomic mass is 16.6. The smallest absolute Gasteiger partial charge is 0.114 e. The molecule has 0 radical (unpaired) electrons. The summed E-state index contributed by atoms with van der Waals surface area (Å²) >= 11 is 0. The SMILES string of the molecule is CCCCCCCCCCC/C=C/CCCCCCCO[C@H]1[C@H](O)[C@@H](CO)OC[C@@H]1O. The molecule has 0 aromatic rings. The Labute approximate surface area is 191 Å². The van der Waals surface area contributed by atoms with Gasteiger partial charge in [-0.1, -0.05) is 89.7 Å². The van der Waals surface area contributed by atoms with Gasteiger partial charge in [0.1, 0.15) is 24.4 Å². The van der Waals surface area contributed by atoms with E-state index in [0.29, 0.717) is 6.61 Å². The molecule has 1 aliphatic rings. The van der Waals surface area contributed by atoms with Gasteiger partial charge in [0.2, 0.25) is 0 Å². The zero-order valence-corrected chi connectivity index (χ0v) is 20.1. The van der Waals surface area contributed by atoms with Gasteiger partial charge in [0.05, 0.1) is 13.2 Å². The van der Waals surface area contributed by atoms with Crippen LogP contribution in [0.2, 0.25) is 0 Å². The van der Waals surface area contributed by atoms with E-state index in [1.165, 1.54) is 89.9 Å². The molecule has 0 saturated carbocycles. The maximum absolute atomic E-state index is 10.1. The second-order valence-corrected chi connectivity index (χ2v) is 9.09. The van der Waals surface area contributed by atoms with Gasteiger partial charge in [0.15, 0.2) is 0 Å². The molecule has 1 aliphatic heterocycles. The van der Waals surface area contributed by atoms with Crippen LogP contribution in [0.1, 0.15) is 110 Å². The molecule has 184 valence electrons. The molecule has 0 amide bonds. The fourth-order valence-electron chi connectivity index (χ4n) is 4.15. The molecule has 5 nitrogen and oxygen atoms in total. The molecule has 0 aliphatic carbocycles. The molecule has 31 heavy (non-hydrogen) atoms. The topological polar surface area (TPSA) is 79.2 Å². The third-order valence-corrected chi connectivity index (χ3v) is 6.22. The van der Waals surface area contributed by atoms with Crippen molar-refractivity contribution in [1.29, 1.82) is 0 Å². The Hall–Kier alpha value is -0.460. The lowest BCUT2D eigenvalue weighted by molar-refractivity contribution is -0.210.